The quantitative estimate of drug-likeness (QED) is 0.491. The van der Waals surface area contributed by atoms with E-state index < -0.39 is 17.4 Å². The van der Waals surface area contributed by atoms with Crippen LogP contribution >= 0.6 is 11.8 Å². The number of aryl methyl sites for hydroxylation is 1. The van der Waals surface area contributed by atoms with E-state index in [4.69, 9.17) is 9.15 Å². The van der Waals surface area contributed by atoms with Gasteiger partial charge in [-0.3, -0.25) is 4.99 Å². The largest absolute Gasteiger partial charge is 0.507 e. The second-order valence-electron chi connectivity index (χ2n) is 7.50. The summed E-state index contributed by atoms with van der Waals surface area (Å²) in [5.74, 6) is 1.31. The summed E-state index contributed by atoms with van der Waals surface area (Å²) in [7, 11) is 0. The second kappa shape index (κ2) is 9.35. The van der Waals surface area contributed by atoms with Crippen molar-refractivity contribution < 1.29 is 27.4 Å². The Kier molecular flexibility index (Phi) is 6.51. The molecule has 9 heteroatoms. The van der Waals surface area contributed by atoms with Crippen molar-refractivity contribution in [2.24, 2.45) is 4.99 Å². The van der Waals surface area contributed by atoms with Crippen LogP contribution in [0.1, 0.15) is 34.1 Å². The van der Waals surface area contributed by atoms with E-state index in [-0.39, 0.29) is 22.3 Å². The van der Waals surface area contributed by atoms with E-state index in [0.717, 1.165) is 17.7 Å². The lowest BCUT2D eigenvalue weighted by molar-refractivity contribution is -0.137. The van der Waals surface area contributed by atoms with Gasteiger partial charge in [0.25, 0.3) is 0 Å². The van der Waals surface area contributed by atoms with Gasteiger partial charge in [0, 0.05) is 30.0 Å². The van der Waals surface area contributed by atoms with Crippen molar-refractivity contribution >= 4 is 17.5 Å². The Morgan fingerprint density at radius 3 is 2.58 bits per heavy atom. The molecule has 3 aromatic rings. The normalized spacial score (nSPS) is 16.7. The average Bonchev–Trinajstić information content (AvgIpc) is 2.99. The summed E-state index contributed by atoms with van der Waals surface area (Å²) in [4.78, 5) is 16.8. The van der Waals surface area contributed by atoms with Crippen molar-refractivity contribution in [1.29, 1.82) is 0 Å². The molecule has 172 valence electrons. The molecular weight excluding hydrogens is 455 g/mol. The molecule has 5 nitrogen and oxygen atoms in total. The molecule has 0 spiro atoms. The summed E-state index contributed by atoms with van der Waals surface area (Å²) in [5.41, 5.74) is -0.0356. The van der Waals surface area contributed by atoms with E-state index in [1.807, 2.05) is 6.07 Å². The predicted molar refractivity (Wildman–Crippen MR) is 121 cm³/mol. The summed E-state index contributed by atoms with van der Waals surface area (Å²) in [6, 6.07) is 13.2. The van der Waals surface area contributed by atoms with Crippen LogP contribution in [0, 0.1) is 6.92 Å². The Labute approximate surface area is 191 Å². The van der Waals surface area contributed by atoms with Gasteiger partial charge in [0.05, 0.1) is 11.3 Å². The van der Waals surface area contributed by atoms with Crippen LogP contribution in [0.4, 0.5) is 13.2 Å². The van der Waals surface area contributed by atoms with E-state index in [2.05, 4.69) is 4.99 Å². The van der Waals surface area contributed by atoms with Crippen LogP contribution in [-0.4, -0.2) is 23.1 Å². The van der Waals surface area contributed by atoms with Crippen LogP contribution in [0.25, 0.3) is 0 Å². The van der Waals surface area contributed by atoms with Gasteiger partial charge in [0.1, 0.15) is 28.6 Å². The Morgan fingerprint density at radius 2 is 1.85 bits per heavy atom. The lowest BCUT2D eigenvalue weighted by atomic mass is 10.0. The van der Waals surface area contributed by atoms with Gasteiger partial charge in [0.15, 0.2) is 0 Å². The number of alkyl halides is 3. The summed E-state index contributed by atoms with van der Waals surface area (Å²) < 4.78 is 49.8. The van der Waals surface area contributed by atoms with Crippen LogP contribution in [0.2, 0.25) is 0 Å². The standard InChI is InChI=1S/C24H20F3NO4S/c1-14-10-20(29)22(23(30)31-14)19-13-21(33-9-8-28-19)15-4-2-6-17(11-15)32-18-7-3-5-16(12-18)24(25,26)27/h2-7,10-12,21,29H,8-9,13H2,1H3. The van der Waals surface area contributed by atoms with Crippen molar-refractivity contribution in [2.75, 3.05) is 12.3 Å². The monoisotopic (exact) mass is 475 g/mol. The molecule has 1 aliphatic rings. The topological polar surface area (TPSA) is 72.0 Å². The molecular formula is C24H20F3NO4S. The highest BCUT2D eigenvalue weighted by atomic mass is 32.2. The molecule has 0 saturated heterocycles. The third-order valence-electron chi connectivity index (χ3n) is 5.06. The lowest BCUT2D eigenvalue weighted by Gasteiger charge is -2.17. The SMILES string of the molecule is Cc1cc(O)c(C2=NCCSC(c3cccc(Oc4cccc(C(F)(F)F)c4)c3)C2)c(=O)o1. The maximum absolute atomic E-state index is 13.0. The second-order valence-corrected chi connectivity index (χ2v) is 8.81. The number of nitrogens with zero attached hydrogens (tertiary/aromatic N) is 1. The maximum atomic E-state index is 13.0. The molecule has 0 aliphatic carbocycles. The molecule has 2 heterocycles. The number of hydrogen-bond acceptors (Lipinski definition) is 6. The van der Waals surface area contributed by atoms with E-state index in [9.17, 15) is 23.1 Å². The molecule has 33 heavy (non-hydrogen) atoms. The molecule has 4 rings (SSSR count). The fraction of sp³-hybridized carbons (Fsp3) is 0.250. The highest BCUT2D eigenvalue weighted by molar-refractivity contribution is 7.99. The van der Waals surface area contributed by atoms with Gasteiger partial charge in [-0.1, -0.05) is 18.2 Å². The molecule has 1 N–H and O–H groups in total. The van der Waals surface area contributed by atoms with Crippen molar-refractivity contribution in [1.82, 2.24) is 0 Å². The first-order valence-corrected chi connectivity index (χ1v) is 11.2. The van der Waals surface area contributed by atoms with Crippen molar-refractivity contribution in [3.63, 3.8) is 0 Å². The first kappa shape index (κ1) is 23.0. The third-order valence-corrected chi connectivity index (χ3v) is 6.32. The molecule has 1 atom stereocenters. The Hall–Kier alpha value is -3.20. The number of aromatic hydroxyl groups is 1. The van der Waals surface area contributed by atoms with Crippen molar-refractivity contribution in [3.8, 4) is 17.2 Å². The molecule has 0 bridgehead atoms. The summed E-state index contributed by atoms with van der Waals surface area (Å²) in [6.07, 6.45) is -4.08. The molecule has 0 amide bonds. The highest BCUT2D eigenvalue weighted by Gasteiger charge is 2.30. The van der Waals surface area contributed by atoms with Crippen molar-refractivity contribution in [3.05, 3.63) is 87.5 Å². The molecule has 1 aliphatic heterocycles. The van der Waals surface area contributed by atoms with E-state index >= 15 is 0 Å². The number of aliphatic imine (C=N–C) groups is 1. The van der Waals surface area contributed by atoms with Gasteiger partial charge in [-0.05, 0) is 42.8 Å². The van der Waals surface area contributed by atoms with Gasteiger partial charge in [0.2, 0.25) is 0 Å². The van der Waals surface area contributed by atoms with E-state index in [1.165, 1.54) is 18.2 Å². The minimum absolute atomic E-state index is 0.0597. The van der Waals surface area contributed by atoms with Crippen LogP contribution in [0.3, 0.4) is 0 Å². The zero-order chi connectivity index (χ0) is 23.6. The highest BCUT2D eigenvalue weighted by Crippen LogP contribution is 2.38. The predicted octanol–water partition coefficient (Wildman–Crippen LogP) is 6.13. The number of rotatable bonds is 4. The van der Waals surface area contributed by atoms with E-state index in [1.54, 1.807) is 36.9 Å². The van der Waals surface area contributed by atoms with E-state index in [0.29, 0.717) is 35.9 Å². The van der Waals surface area contributed by atoms with Gasteiger partial charge in [-0.2, -0.15) is 24.9 Å². The summed E-state index contributed by atoms with van der Waals surface area (Å²) in [6.45, 7) is 2.05. The Morgan fingerprint density at radius 1 is 1.12 bits per heavy atom. The van der Waals surface area contributed by atoms with Gasteiger partial charge >= 0.3 is 11.8 Å². The fourth-order valence-electron chi connectivity index (χ4n) is 3.58. The summed E-state index contributed by atoms with van der Waals surface area (Å²) >= 11 is 1.64. The zero-order valence-corrected chi connectivity index (χ0v) is 18.4. The molecule has 0 fully saturated rings. The molecule has 0 radical (unpaired) electrons. The third kappa shape index (κ3) is 5.42. The smallest absolute Gasteiger partial charge is 0.416 e. The molecule has 2 aromatic carbocycles. The zero-order valence-electron chi connectivity index (χ0n) is 17.6. The number of thioether (sulfide) groups is 1. The Balaban J connectivity index is 1.58. The molecule has 0 saturated carbocycles. The number of benzene rings is 2. The summed E-state index contributed by atoms with van der Waals surface area (Å²) in [5, 5.41) is 10.2. The number of halogens is 3. The lowest BCUT2D eigenvalue weighted by Crippen LogP contribution is -2.17. The maximum Gasteiger partial charge on any atom is 0.416 e. The number of hydrogen-bond donors (Lipinski definition) is 1. The van der Waals surface area contributed by atoms with Gasteiger partial charge in [-0.15, -0.1) is 0 Å². The minimum Gasteiger partial charge on any atom is -0.507 e. The first-order chi connectivity index (χ1) is 15.7. The van der Waals surface area contributed by atoms with Crippen molar-refractivity contribution in [2.45, 2.75) is 24.8 Å². The van der Waals surface area contributed by atoms with Crippen LogP contribution < -0.4 is 10.4 Å². The fourth-order valence-corrected chi connectivity index (χ4v) is 4.68. The molecule has 1 aromatic heterocycles. The Bertz CT molecular complexity index is 1250. The number of ether oxygens (including phenoxy) is 1. The minimum atomic E-state index is -4.46. The van der Waals surface area contributed by atoms with Crippen LogP contribution in [0.15, 0.2) is 68.8 Å². The average molecular weight is 475 g/mol. The van der Waals surface area contributed by atoms with Gasteiger partial charge in [-0.25, -0.2) is 4.79 Å². The van der Waals surface area contributed by atoms with Crippen LogP contribution in [-0.2, 0) is 6.18 Å². The molecule has 1 unspecified atom stereocenters. The first-order valence-electron chi connectivity index (χ1n) is 10.1. The van der Waals surface area contributed by atoms with Crippen LogP contribution in [0.5, 0.6) is 17.2 Å². The van der Waals surface area contributed by atoms with Gasteiger partial charge < -0.3 is 14.3 Å².